The third kappa shape index (κ3) is 4.53. The Morgan fingerprint density at radius 1 is 1.61 bits per heavy atom. The monoisotopic (exact) mass is 352 g/mol. The molecule has 0 spiro atoms. The normalized spacial score (nSPS) is 23.2. The molecule has 1 amide bonds. The molecule has 2 unspecified atom stereocenters. The van der Waals surface area contributed by atoms with E-state index in [9.17, 15) is 4.79 Å². The van der Waals surface area contributed by atoms with Gasteiger partial charge in [-0.1, -0.05) is 0 Å². The molecule has 2 heterocycles. The lowest BCUT2D eigenvalue weighted by molar-refractivity contribution is -0.121. The molecule has 1 saturated heterocycles. The van der Waals surface area contributed by atoms with Gasteiger partial charge in [0.25, 0.3) is 0 Å². The van der Waals surface area contributed by atoms with Crippen molar-refractivity contribution in [3.8, 4) is 0 Å². The standard InChI is InChI=1S/C12H17BrN2OS.ClH/c1-8-10(3-2-6-14-8)15-12(16)7-9-4-5-11(13)17-9;/h4-5,8,10,14H,2-3,6-7H2,1H3,(H,15,16);1H. The number of carbonyl (C=O) groups is 1. The summed E-state index contributed by atoms with van der Waals surface area (Å²) in [5.74, 6) is 0.125. The third-order valence-corrected chi connectivity index (χ3v) is 4.70. The van der Waals surface area contributed by atoms with Crippen molar-refractivity contribution in [2.45, 2.75) is 38.3 Å². The maximum absolute atomic E-state index is 11.9. The van der Waals surface area contributed by atoms with E-state index in [0.717, 1.165) is 28.0 Å². The number of rotatable bonds is 3. The van der Waals surface area contributed by atoms with Crippen molar-refractivity contribution in [1.82, 2.24) is 10.6 Å². The lowest BCUT2D eigenvalue weighted by Gasteiger charge is -2.30. The molecule has 0 bridgehead atoms. The van der Waals surface area contributed by atoms with Gasteiger partial charge in [-0.2, -0.15) is 0 Å². The summed E-state index contributed by atoms with van der Waals surface area (Å²) in [5.41, 5.74) is 0. The highest BCUT2D eigenvalue weighted by atomic mass is 79.9. The highest BCUT2D eigenvalue weighted by Gasteiger charge is 2.22. The summed E-state index contributed by atoms with van der Waals surface area (Å²) >= 11 is 5.03. The molecule has 0 radical (unpaired) electrons. The Labute approximate surface area is 126 Å². The minimum atomic E-state index is 0. The fraction of sp³-hybridized carbons (Fsp3) is 0.583. The van der Waals surface area contributed by atoms with E-state index in [-0.39, 0.29) is 24.4 Å². The average molecular weight is 354 g/mol. The van der Waals surface area contributed by atoms with Gasteiger partial charge < -0.3 is 10.6 Å². The molecule has 1 aliphatic rings. The molecule has 1 aliphatic heterocycles. The number of thiophene rings is 1. The number of piperidine rings is 1. The van der Waals surface area contributed by atoms with Gasteiger partial charge in [0, 0.05) is 17.0 Å². The van der Waals surface area contributed by atoms with Crippen LogP contribution in [0.25, 0.3) is 0 Å². The number of nitrogens with one attached hydrogen (secondary N) is 2. The van der Waals surface area contributed by atoms with Crippen molar-refractivity contribution < 1.29 is 4.79 Å². The lowest BCUT2D eigenvalue weighted by atomic mass is 10.00. The summed E-state index contributed by atoms with van der Waals surface area (Å²) in [6.07, 6.45) is 2.70. The Kier molecular flexibility index (Phi) is 6.63. The van der Waals surface area contributed by atoms with Gasteiger partial charge in [0.05, 0.1) is 10.2 Å². The molecule has 102 valence electrons. The zero-order chi connectivity index (χ0) is 12.3. The van der Waals surface area contributed by atoms with Crippen molar-refractivity contribution in [2.75, 3.05) is 6.54 Å². The van der Waals surface area contributed by atoms with E-state index in [1.54, 1.807) is 11.3 Å². The molecule has 1 aromatic rings. The number of hydrogen-bond acceptors (Lipinski definition) is 3. The highest BCUT2D eigenvalue weighted by Crippen LogP contribution is 2.22. The summed E-state index contributed by atoms with van der Waals surface area (Å²) in [6.45, 7) is 3.19. The molecule has 2 rings (SSSR count). The smallest absolute Gasteiger partial charge is 0.225 e. The van der Waals surface area contributed by atoms with Gasteiger partial charge in [-0.15, -0.1) is 23.7 Å². The fourth-order valence-corrected chi connectivity index (χ4v) is 3.59. The second-order valence-electron chi connectivity index (χ2n) is 4.44. The number of carbonyl (C=O) groups excluding carboxylic acids is 1. The maximum atomic E-state index is 11.9. The Bertz CT molecular complexity index is 399. The van der Waals surface area contributed by atoms with E-state index in [1.807, 2.05) is 12.1 Å². The minimum absolute atomic E-state index is 0. The third-order valence-electron chi connectivity index (χ3n) is 3.07. The summed E-state index contributed by atoms with van der Waals surface area (Å²) < 4.78 is 1.08. The van der Waals surface area contributed by atoms with Gasteiger partial charge in [0.2, 0.25) is 5.91 Å². The van der Waals surface area contributed by atoms with Gasteiger partial charge >= 0.3 is 0 Å². The summed E-state index contributed by atoms with van der Waals surface area (Å²) in [4.78, 5) is 13.0. The van der Waals surface area contributed by atoms with Crippen LogP contribution in [0.3, 0.4) is 0 Å². The van der Waals surface area contributed by atoms with Crippen LogP contribution in [0.1, 0.15) is 24.6 Å². The molecule has 2 atom stereocenters. The molecule has 0 saturated carbocycles. The van der Waals surface area contributed by atoms with Gasteiger partial charge in [-0.25, -0.2) is 0 Å². The van der Waals surface area contributed by atoms with E-state index in [4.69, 9.17) is 0 Å². The predicted molar refractivity (Wildman–Crippen MR) is 81.6 cm³/mol. The predicted octanol–water partition coefficient (Wildman–Crippen LogP) is 2.73. The number of amides is 1. The van der Waals surface area contributed by atoms with Crippen molar-refractivity contribution >= 4 is 45.6 Å². The molecule has 3 nitrogen and oxygen atoms in total. The van der Waals surface area contributed by atoms with Crippen LogP contribution in [0.4, 0.5) is 0 Å². The first-order valence-electron chi connectivity index (χ1n) is 5.92. The largest absolute Gasteiger partial charge is 0.352 e. The Morgan fingerprint density at radius 2 is 2.39 bits per heavy atom. The van der Waals surface area contributed by atoms with Crippen LogP contribution in [0, 0.1) is 0 Å². The average Bonchev–Trinajstić information content (AvgIpc) is 2.67. The SMILES string of the molecule is CC1NCCCC1NC(=O)Cc1ccc(Br)s1.Cl. The Hall–Kier alpha value is -0.100. The van der Waals surface area contributed by atoms with Crippen molar-refractivity contribution in [1.29, 1.82) is 0 Å². The molecular formula is C12H18BrClN2OS. The minimum Gasteiger partial charge on any atom is -0.352 e. The fourth-order valence-electron chi connectivity index (χ4n) is 2.10. The van der Waals surface area contributed by atoms with E-state index < -0.39 is 0 Å². The van der Waals surface area contributed by atoms with Gasteiger partial charge in [0.1, 0.15) is 0 Å². The second-order valence-corrected chi connectivity index (χ2v) is 6.99. The number of hydrogen-bond donors (Lipinski definition) is 2. The van der Waals surface area contributed by atoms with E-state index in [2.05, 4.69) is 33.5 Å². The first kappa shape index (κ1) is 16.0. The summed E-state index contributed by atoms with van der Waals surface area (Å²) in [6, 6.07) is 4.64. The lowest BCUT2D eigenvalue weighted by Crippen LogP contribution is -2.52. The molecule has 1 fully saturated rings. The topological polar surface area (TPSA) is 41.1 Å². The molecule has 6 heteroatoms. The first-order chi connectivity index (χ1) is 8.15. The van der Waals surface area contributed by atoms with Crippen LogP contribution >= 0.6 is 39.7 Å². The van der Waals surface area contributed by atoms with E-state index in [0.29, 0.717) is 12.5 Å². The molecular weight excluding hydrogens is 336 g/mol. The number of halogens is 2. The van der Waals surface area contributed by atoms with E-state index in [1.165, 1.54) is 0 Å². The Morgan fingerprint density at radius 3 is 3.00 bits per heavy atom. The van der Waals surface area contributed by atoms with Crippen LogP contribution in [-0.4, -0.2) is 24.5 Å². The molecule has 0 aromatic carbocycles. The molecule has 0 aliphatic carbocycles. The van der Waals surface area contributed by atoms with Crippen molar-refractivity contribution in [2.24, 2.45) is 0 Å². The highest BCUT2D eigenvalue weighted by molar-refractivity contribution is 9.11. The van der Waals surface area contributed by atoms with Crippen LogP contribution in [-0.2, 0) is 11.2 Å². The van der Waals surface area contributed by atoms with Crippen LogP contribution in [0.15, 0.2) is 15.9 Å². The van der Waals surface area contributed by atoms with Crippen LogP contribution in [0.5, 0.6) is 0 Å². The zero-order valence-electron chi connectivity index (χ0n) is 10.2. The summed E-state index contributed by atoms with van der Waals surface area (Å²) in [7, 11) is 0. The van der Waals surface area contributed by atoms with Gasteiger partial charge in [-0.05, 0) is 54.4 Å². The first-order valence-corrected chi connectivity index (χ1v) is 7.53. The van der Waals surface area contributed by atoms with Crippen LogP contribution < -0.4 is 10.6 Å². The second kappa shape index (κ2) is 7.48. The van der Waals surface area contributed by atoms with Gasteiger partial charge in [-0.3, -0.25) is 4.79 Å². The van der Waals surface area contributed by atoms with Gasteiger partial charge in [0.15, 0.2) is 0 Å². The van der Waals surface area contributed by atoms with E-state index >= 15 is 0 Å². The van der Waals surface area contributed by atoms with Crippen molar-refractivity contribution in [3.63, 3.8) is 0 Å². The molecule has 1 aromatic heterocycles. The molecule has 18 heavy (non-hydrogen) atoms. The van der Waals surface area contributed by atoms with Crippen molar-refractivity contribution in [3.05, 3.63) is 20.8 Å². The molecule has 2 N–H and O–H groups in total. The summed E-state index contributed by atoms with van der Waals surface area (Å²) in [5, 5.41) is 6.50. The maximum Gasteiger partial charge on any atom is 0.225 e. The Balaban J connectivity index is 0.00000162. The zero-order valence-corrected chi connectivity index (χ0v) is 13.5. The quantitative estimate of drug-likeness (QED) is 0.877. The van der Waals surface area contributed by atoms with Crippen LogP contribution in [0.2, 0.25) is 0 Å².